The number of carbonyl (C=O) groups excluding carboxylic acids is 1. The van der Waals surface area contributed by atoms with Gasteiger partial charge in [-0.05, 0) is 49.3 Å². The lowest BCUT2D eigenvalue weighted by Gasteiger charge is -2.39. The molecule has 0 saturated heterocycles. The van der Waals surface area contributed by atoms with Crippen LogP contribution in [0.25, 0.3) is 0 Å². The van der Waals surface area contributed by atoms with Crippen LogP contribution in [0.5, 0.6) is 0 Å². The summed E-state index contributed by atoms with van der Waals surface area (Å²) in [5, 5.41) is 0.699. The molecule has 0 saturated carbocycles. The van der Waals surface area contributed by atoms with Gasteiger partial charge in [-0.2, -0.15) is 4.99 Å². The highest BCUT2D eigenvalue weighted by Gasteiger charge is 2.38. The molecule has 2 amide bonds. The fourth-order valence-corrected chi connectivity index (χ4v) is 4.09. The first-order chi connectivity index (χ1) is 13.5. The second-order valence-electron chi connectivity index (χ2n) is 7.17. The molecule has 0 radical (unpaired) electrons. The number of rotatable bonds is 7. The number of halogens is 1. The Bertz CT molecular complexity index is 816. The molecule has 2 aromatic rings. The average molecular weight is 398 g/mol. The third kappa shape index (κ3) is 4.45. The molecule has 2 aromatic carbocycles. The molecule has 2 atom stereocenters. The predicted octanol–water partition coefficient (Wildman–Crippen LogP) is 5.28. The van der Waals surface area contributed by atoms with Gasteiger partial charge in [0.1, 0.15) is 0 Å². The number of nitrogens with zero attached hydrogens (tertiary/aromatic N) is 3. The quantitative estimate of drug-likeness (QED) is 0.636. The molecule has 0 aliphatic carbocycles. The average Bonchev–Trinajstić information content (AvgIpc) is 2.72. The van der Waals surface area contributed by atoms with Gasteiger partial charge in [-0.15, -0.1) is 0 Å². The van der Waals surface area contributed by atoms with Gasteiger partial charge in [0.2, 0.25) is 0 Å². The first-order valence-electron chi connectivity index (χ1n) is 9.93. The van der Waals surface area contributed by atoms with Crippen molar-refractivity contribution in [2.75, 3.05) is 26.7 Å². The van der Waals surface area contributed by atoms with Crippen LogP contribution in [-0.2, 0) is 0 Å². The van der Waals surface area contributed by atoms with Gasteiger partial charge in [-0.25, -0.2) is 4.79 Å². The minimum atomic E-state index is -0.196. The lowest BCUT2D eigenvalue weighted by molar-refractivity contribution is 0.173. The molecule has 4 nitrogen and oxygen atoms in total. The Morgan fingerprint density at radius 3 is 2.29 bits per heavy atom. The minimum absolute atomic E-state index is 0.0620. The summed E-state index contributed by atoms with van der Waals surface area (Å²) < 4.78 is 0. The van der Waals surface area contributed by atoms with Crippen LogP contribution in [0.3, 0.4) is 0 Å². The number of hydrogen-bond acceptors (Lipinski definition) is 2. The van der Waals surface area contributed by atoms with Crippen molar-refractivity contribution in [3.8, 4) is 0 Å². The second-order valence-corrected chi connectivity index (χ2v) is 7.61. The number of aliphatic imine (C=N–C) groups is 1. The van der Waals surface area contributed by atoms with Crippen LogP contribution in [0, 0.1) is 5.92 Å². The highest BCUT2D eigenvalue weighted by Crippen LogP contribution is 2.37. The van der Waals surface area contributed by atoms with Gasteiger partial charge in [-0.3, -0.25) is 0 Å². The van der Waals surface area contributed by atoms with Crippen LogP contribution in [0.2, 0.25) is 5.02 Å². The van der Waals surface area contributed by atoms with Crippen molar-refractivity contribution >= 4 is 23.3 Å². The topological polar surface area (TPSA) is 35.9 Å². The molecule has 3 rings (SSSR count). The first-order valence-corrected chi connectivity index (χ1v) is 10.3. The molecule has 0 aromatic heterocycles. The molecule has 28 heavy (non-hydrogen) atoms. The Hall–Kier alpha value is -2.17. The fourth-order valence-electron chi connectivity index (χ4n) is 3.96. The maximum Gasteiger partial charge on any atom is 0.344 e. The molecule has 1 aliphatic heterocycles. The summed E-state index contributed by atoms with van der Waals surface area (Å²) in [7, 11) is 1.84. The Kier molecular flexibility index (Phi) is 6.87. The van der Waals surface area contributed by atoms with Gasteiger partial charge >= 0.3 is 6.03 Å². The van der Waals surface area contributed by atoms with E-state index in [4.69, 9.17) is 11.6 Å². The Morgan fingerprint density at radius 2 is 1.68 bits per heavy atom. The molecule has 0 bridgehead atoms. The molecule has 2 unspecified atom stereocenters. The number of amides is 2. The van der Waals surface area contributed by atoms with Gasteiger partial charge in [-0.1, -0.05) is 67.9 Å². The van der Waals surface area contributed by atoms with E-state index >= 15 is 0 Å². The Balaban J connectivity index is 2.03. The van der Waals surface area contributed by atoms with E-state index in [1.54, 1.807) is 4.90 Å². The van der Waals surface area contributed by atoms with Crippen molar-refractivity contribution < 1.29 is 4.79 Å². The molecule has 5 heteroatoms. The molecule has 1 heterocycles. The summed E-state index contributed by atoms with van der Waals surface area (Å²) in [4.78, 5) is 21.4. The highest BCUT2D eigenvalue weighted by atomic mass is 35.5. The summed E-state index contributed by atoms with van der Waals surface area (Å²) in [6.07, 6.45) is 0.931. The highest BCUT2D eigenvalue weighted by molar-refractivity contribution is 6.30. The number of urea groups is 1. The van der Waals surface area contributed by atoms with Crippen LogP contribution in [-0.4, -0.2) is 48.2 Å². The predicted molar refractivity (Wildman–Crippen MR) is 116 cm³/mol. The van der Waals surface area contributed by atoms with E-state index in [1.165, 1.54) is 0 Å². The van der Waals surface area contributed by atoms with E-state index in [-0.39, 0.29) is 18.0 Å². The Labute approximate surface area is 172 Å². The zero-order valence-corrected chi connectivity index (χ0v) is 17.6. The normalized spacial score (nSPS) is 19.8. The van der Waals surface area contributed by atoms with Gasteiger partial charge in [0.05, 0.1) is 11.8 Å². The van der Waals surface area contributed by atoms with E-state index in [2.05, 4.69) is 23.7 Å². The van der Waals surface area contributed by atoms with Crippen molar-refractivity contribution in [2.24, 2.45) is 10.9 Å². The zero-order valence-electron chi connectivity index (χ0n) is 16.8. The molecule has 148 valence electrons. The van der Waals surface area contributed by atoms with Gasteiger partial charge < -0.3 is 9.80 Å². The molecule has 0 fully saturated rings. The summed E-state index contributed by atoms with van der Waals surface area (Å²) in [5.74, 6) is 0.117. The van der Waals surface area contributed by atoms with Crippen molar-refractivity contribution in [2.45, 2.75) is 26.3 Å². The minimum Gasteiger partial charge on any atom is -0.318 e. The van der Waals surface area contributed by atoms with Gasteiger partial charge in [0.15, 0.2) is 0 Å². The zero-order chi connectivity index (χ0) is 20.1. The van der Waals surface area contributed by atoms with Crippen molar-refractivity contribution in [3.05, 3.63) is 70.7 Å². The third-order valence-corrected chi connectivity index (χ3v) is 5.85. The smallest absolute Gasteiger partial charge is 0.318 e. The fraction of sp³-hybridized carbons (Fsp3) is 0.391. The number of carbonyl (C=O) groups is 1. The molecular formula is C23H28ClN3O. The number of benzene rings is 2. The first kappa shape index (κ1) is 20.6. The van der Waals surface area contributed by atoms with E-state index in [0.29, 0.717) is 5.02 Å². The van der Waals surface area contributed by atoms with Crippen LogP contribution in [0.4, 0.5) is 4.79 Å². The van der Waals surface area contributed by atoms with Crippen LogP contribution in [0.1, 0.15) is 37.4 Å². The lowest BCUT2D eigenvalue weighted by Crippen LogP contribution is -2.43. The van der Waals surface area contributed by atoms with Crippen LogP contribution in [0.15, 0.2) is 59.6 Å². The van der Waals surface area contributed by atoms with E-state index in [1.807, 2.05) is 61.6 Å². The Morgan fingerprint density at radius 1 is 1.04 bits per heavy atom. The standard InChI is InChI=1S/C23H28ClN3O/c1-4-27(5-2)16-15-20-21(17-9-7-6-8-10-17)25-23(28)26(3)22(20)18-11-13-19(24)14-12-18/h6-14,20,22H,4-5,15-16H2,1-3H3. The lowest BCUT2D eigenvalue weighted by atomic mass is 9.81. The largest absolute Gasteiger partial charge is 0.344 e. The maximum atomic E-state index is 12.7. The van der Waals surface area contributed by atoms with Crippen LogP contribution >= 0.6 is 11.6 Å². The van der Waals surface area contributed by atoms with Crippen molar-refractivity contribution in [1.82, 2.24) is 9.80 Å². The van der Waals surface area contributed by atoms with Crippen molar-refractivity contribution in [3.63, 3.8) is 0 Å². The van der Waals surface area contributed by atoms with E-state index in [0.717, 1.165) is 42.9 Å². The molecular weight excluding hydrogens is 370 g/mol. The van der Waals surface area contributed by atoms with Gasteiger partial charge in [0, 0.05) is 18.0 Å². The molecule has 0 N–H and O–H groups in total. The molecule has 1 aliphatic rings. The number of hydrogen-bond donors (Lipinski definition) is 0. The second kappa shape index (κ2) is 9.35. The van der Waals surface area contributed by atoms with Crippen molar-refractivity contribution in [1.29, 1.82) is 0 Å². The monoisotopic (exact) mass is 397 g/mol. The van der Waals surface area contributed by atoms with E-state index in [9.17, 15) is 4.79 Å². The van der Waals surface area contributed by atoms with E-state index < -0.39 is 0 Å². The summed E-state index contributed by atoms with van der Waals surface area (Å²) in [6.45, 7) is 7.37. The third-order valence-electron chi connectivity index (χ3n) is 5.60. The van der Waals surface area contributed by atoms with Crippen LogP contribution < -0.4 is 0 Å². The molecule has 0 spiro atoms. The maximum absolute atomic E-state index is 12.7. The summed E-state index contributed by atoms with van der Waals surface area (Å²) in [6, 6.07) is 17.6. The van der Waals surface area contributed by atoms with Gasteiger partial charge in [0.25, 0.3) is 0 Å². The SMILES string of the molecule is CCN(CC)CCC1C(c2ccccc2)=NC(=O)N(C)C1c1ccc(Cl)cc1. The summed E-state index contributed by atoms with van der Waals surface area (Å²) >= 11 is 6.11. The summed E-state index contributed by atoms with van der Waals surface area (Å²) in [5.41, 5.74) is 3.00.